The molecule has 0 atom stereocenters. The predicted octanol–water partition coefficient (Wildman–Crippen LogP) is 2.12. The highest BCUT2D eigenvalue weighted by atomic mass is 79.9. The zero-order valence-electron chi connectivity index (χ0n) is 9.49. The zero-order valence-corrected chi connectivity index (χ0v) is 11.9. The van der Waals surface area contributed by atoms with Crippen molar-refractivity contribution in [2.24, 2.45) is 0 Å². The standard InChI is InChI=1S/C11H14BrNO3S/c1-2-16-11(15)6-10(14)13-4-3-9-5-8(12)7-17-9/h5,7H,2-4,6H2,1H3,(H,13,14). The summed E-state index contributed by atoms with van der Waals surface area (Å²) in [5.74, 6) is -0.775. The normalized spacial score (nSPS) is 10.0. The maximum absolute atomic E-state index is 11.3. The van der Waals surface area contributed by atoms with Crippen molar-refractivity contribution in [3.63, 3.8) is 0 Å². The second kappa shape index (κ2) is 7.45. The molecule has 0 aliphatic rings. The highest BCUT2D eigenvalue weighted by Crippen LogP contribution is 2.19. The van der Waals surface area contributed by atoms with Crippen LogP contribution in [-0.2, 0) is 20.7 Å². The Hall–Kier alpha value is -0.880. The van der Waals surface area contributed by atoms with Gasteiger partial charge in [-0.05, 0) is 35.3 Å². The summed E-state index contributed by atoms with van der Waals surface area (Å²) >= 11 is 5.00. The number of carbonyl (C=O) groups is 2. The first-order valence-corrected chi connectivity index (χ1v) is 6.94. The zero-order chi connectivity index (χ0) is 12.7. The highest BCUT2D eigenvalue weighted by Gasteiger charge is 2.09. The number of ether oxygens (including phenoxy) is 1. The average Bonchev–Trinajstić information content (AvgIpc) is 2.64. The van der Waals surface area contributed by atoms with Crippen LogP contribution in [0.4, 0.5) is 0 Å². The van der Waals surface area contributed by atoms with Crippen LogP contribution in [0.2, 0.25) is 0 Å². The quantitative estimate of drug-likeness (QED) is 0.645. The van der Waals surface area contributed by atoms with E-state index in [1.807, 2.05) is 11.4 Å². The molecule has 94 valence electrons. The Balaban J connectivity index is 2.18. The first kappa shape index (κ1) is 14.2. The van der Waals surface area contributed by atoms with Gasteiger partial charge in [0.1, 0.15) is 6.42 Å². The second-order valence-electron chi connectivity index (χ2n) is 3.31. The van der Waals surface area contributed by atoms with Crippen LogP contribution in [0.3, 0.4) is 0 Å². The average molecular weight is 320 g/mol. The molecule has 0 radical (unpaired) electrons. The number of esters is 1. The van der Waals surface area contributed by atoms with Gasteiger partial charge in [0.25, 0.3) is 0 Å². The Morgan fingerprint density at radius 3 is 2.88 bits per heavy atom. The Morgan fingerprint density at radius 1 is 1.53 bits per heavy atom. The molecule has 0 saturated carbocycles. The molecule has 0 aromatic carbocycles. The van der Waals surface area contributed by atoms with Gasteiger partial charge in [-0.15, -0.1) is 11.3 Å². The van der Waals surface area contributed by atoms with Gasteiger partial charge in [-0.2, -0.15) is 0 Å². The van der Waals surface area contributed by atoms with Crippen molar-refractivity contribution in [2.75, 3.05) is 13.2 Å². The minimum atomic E-state index is -0.483. The molecule has 6 heteroatoms. The van der Waals surface area contributed by atoms with Crippen molar-refractivity contribution in [1.82, 2.24) is 5.32 Å². The molecule has 1 aromatic rings. The van der Waals surface area contributed by atoms with E-state index in [0.717, 1.165) is 10.9 Å². The Kier molecular flexibility index (Phi) is 6.21. The van der Waals surface area contributed by atoms with E-state index in [-0.39, 0.29) is 12.3 Å². The van der Waals surface area contributed by atoms with E-state index in [0.29, 0.717) is 13.2 Å². The molecule has 17 heavy (non-hydrogen) atoms. The molecule has 0 saturated heterocycles. The summed E-state index contributed by atoms with van der Waals surface area (Å²) in [7, 11) is 0. The molecule has 0 bridgehead atoms. The minimum Gasteiger partial charge on any atom is -0.466 e. The van der Waals surface area contributed by atoms with Crippen molar-refractivity contribution < 1.29 is 14.3 Å². The Labute approximate surface area is 112 Å². The van der Waals surface area contributed by atoms with Gasteiger partial charge >= 0.3 is 5.97 Å². The summed E-state index contributed by atoms with van der Waals surface area (Å²) in [6.07, 6.45) is 0.562. The fourth-order valence-corrected chi connectivity index (χ4v) is 2.67. The molecule has 1 rings (SSSR count). The first-order chi connectivity index (χ1) is 8.11. The fraction of sp³-hybridized carbons (Fsp3) is 0.455. The summed E-state index contributed by atoms with van der Waals surface area (Å²) in [6.45, 7) is 2.55. The van der Waals surface area contributed by atoms with Gasteiger partial charge in [0.15, 0.2) is 0 Å². The van der Waals surface area contributed by atoms with Gasteiger partial charge in [-0.3, -0.25) is 9.59 Å². The van der Waals surface area contributed by atoms with Crippen molar-refractivity contribution in [2.45, 2.75) is 19.8 Å². The van der Waals surface area contributed by atoms with E-state index in [2.05, 4.69) is 26.0 Å². The van der Waals surface area contributed by atoms with Gasteiger partial charge in [-0.1, -0.05) is 0 Å². The van der Waals surface area contributed by atoms with Gasteiger partial charge in [0.05, 0.1) is 6.61 Å². The van der Waals surface area contributed by atoms with E-state index in [4.69, 9.17) is 0 Å². The fourth-order valence-electron chi connectivity index (χ4n) is 1.22. The maximum Gasteiger partial charge on any atom is 0.315 e. The molecule has 1 amide bonds. The van der Waals surface area contributed by atoms with Gasteiger partial charge in [0, 0.05) is 21.3 Å². The third-order valence-corrected chi connectivity index (χ3v) is 3.68. The molecule has 0 spiro atoms. The van der Waals surface area contributed by atoms with Crippen LogP contribution in [-0.4, -0.2) is 25.0 Å². The number of hydrogen-bond acceptors (Lipinski definition) is 4. The van der Waals surface area contributed by atoms with Gasteiger partial charge in [-0.25, -0.2) is 0 Å². The summed E-state index contributed by atoms with van der Waals surface area (Å²) in [5, 5.41) is 4.68. The second-order valence-corrected chi connectivity index (χ2v) is 5.22. The Bertz CT molecular complexity index is 392. The number of carbonyl (C=O) groups excluding carboxylic acids is 2. The minimum absolute atomic E-state index is 0.206. The van der Waals surface area contributed by atoms with Crippen LogP contribution in [0, 0.1) is 0 Å². The molecular formula is C11H14BrNO3S. The highest BCUT2D eigenvalue weighted by molar-refractivity contribution is 9.10. The molecule has 1 N–H and O–H groups in total. The van der Waals surface area contributed by atoms with E-state index in [9.17, 15) is 9.59 Å². The van der Waals surface area contributed by atoms with Crippen molar-refractivity contribution in [1.29, 1.82) is 0 Å². The van der Waals surface area contributed by atoms with E-state index >= 15 is 0 Å². The van der Waals surface area contributed by atoms with Crippen molar-refractivity contribution in [3.05, 3.63) is 20.8 Å². The van der Waals surface area contributed by atoms with Crippen LogP contribution in [0.15, 0.2) is 15.9 Å². The molecular weight excluding hydrogens is 306 g/mol. The van der Waals surface area contributed by atoms with Crippen LogP contribution < -0.4 is 5.32 Å². The number of hydrogen-bond donors (Lipinski definition) is 1. The smallest absolute Gasteiger partial charge is 0.315 e. The number of nitrogens with one attached hydrogen (secondary N) is 1. The number of amides is 1. The molecule has 0 aliphatic carbocycles. The maximum atomic E-state index is 11.3. The topological polar surface area (TPSA) is 55.4 Å². The van der Waals surface area contributed by atoms with Crippen LogP contribution in [0.1, 0.15) is 18.2 Å². The number of thiophene rings is 1. The molecule has 0 unspecified atom stereocenters. The third kappa shape index (κ3) is 5.83. The molecule has 0 fully saturated rings. The largest absolute Gasteiger partial charge is 0.466 e. The summed E-state index contributed by atoms with van der Waals surface area (Å²) in [6, 6.07) is 2.02. The van der Waals surface area contributed by atoms with Crippen LogP contribution in [0.25, 0.3) is 0 Å². The monoisotopic (exact) mass is 319 g/mol. The van der Waals surface area contributed by atoms with Gasteiger partial charge < -0.3 is 10.1 Å². The summed E-state index contributed by atoms with van der Waals surface area (Å²) in [5.41, 5.74) is 0. The van der Waals surface area contributed by atoms with E-state index in [1.54, 1.807) is 18.3 Å². The summed E-state index contributed by atoms with van der Waals surface area (Å²) in [4.78, 5) is 23.5. The molecule has 0 aliphatic heterocycles. The lowest BCUT2D eigenvalue weighted by atomic mass is 10.3. The number of rotatable bonds is 6. The van der Waals surface area contributed by atoms with Crippen LogP contribution in [0.5, 0.6) is 0 Å². The van der Waals surface area contributed by atoms with Crippen molar-refractivity contribution >= 4 is 39.1 Å². The molecule has 1 heterocycles. The SMILES string of the molecule is CCOC(=O)CC(=O)NCCc1cc(Br)cs1. The predicted molar refractivity (Wildman–Crippen MR) is 70.0 cm³/mol. The van der Waals surface area contributed by atoms with Crippen LogP contribution >= 0.6 is 27.3 Å². The first-order valence-electron chi connectivity index (χ1n) is 5.27. The molecule has 4 nitrogen and oxygen atoms in total. The van der Waals surface area contributed by atoms with E-state index in [1.165, 1.54) is 4.88 Å². The number of halogens is 1. The summed E-state index contributed by atoms with van der Waals surface area (Å²) < 4.78 is 5.73. The Morgan fingerprint density at radius 2 is 2.29 bits per heavy atom. The van der Waals surface area contributed by atoms with Crippen molar-refractivity contribution in [3.8, 4) is 0 Å². The lowest BCUT2D eigenvalue weighted by molar-refractivity contribution is -0.145. The lowest BCUT2D eigenvalue weighted by Crippen LogP contribution is -2.28. The van der Waals surface area contributed by atoms with Gasteiger partial charge in [0.2, 0.25) is 5.91 Å². The van der Waals surface area contributed by atoms with E-state index < -0.39 is 5.97 Å². The lowest BCUT2D eigenvalue weighted by Gasteiger charge is -2.03. The molecule has 1 aromatic heterocycles. The third-order valence-electron chi connectivity index (χ3n) is 1.93.